The maximum absolute atomic E-state index is 12.2. The largest absolute Gasteiger partial charge is 0.277 e. The predicted molar refractivity (Wildman–Crippen MR) is 71.0 cm³/mol. The molecule has 1 aromatic carbocycles. The molecule has 3 nitrogen and oxygen atoms in total. The monoisotopic (exact) mass is 285 g/mol. The summed E-state index contributed by atoms with van der Waals surface area (Å²) in [5.74, 6) is -0.599. The van der Waals surface area contributed by atoms with Crippen LogP contribution in [-0.4, -0.2) is 28.6 Å². The average Bonchev–Trinajstić information content (AvgIpc) is 2.53. The normalized spacial score (nSPS) is 20.7. The molecule has 2 amide bonds. The average molecular weight is 286 g/mol. The fourth-order valence-corrected chi connectivity index (χ4v) is 2.34. The third-order valence-electron chi connectivity index (χ3n) is 2.96. The van der Waals surface area contributed by atoms with E-state index in [2.05, 4.69) is 0 Å². The summed E-state index contributed by atoms with van der Waals surface area (Å²) < 4.78 is 0. The highest BCUT2D eigenvalue weighted by Crippen LogP contribution is 2.19. The number of rotatable bonds is 1. The molecule has 1 aromatic rings. The highest BCUT2D eigenvalue weighted by atomic mass is 35.5. The SMILES string of the molecule is O=C(c1ccc(Cl)cc1)N1CCCC[C@@H](Cl)C1=O. The zero-order valence-electron chi connectivity index (χ0n) is 9.73. The Bertz CT molecular complexity index is 459. The Morgan fingerprint density at radius 3 is 2.56 bits per heavy atom. The third-order valence-corrected chi connectivity index (χ3v) is 3.62. The number of carbonyl (C=O) groups is 2. The summed E-state index contributed by atoms with van der Waals surface area (Å²) >= 11 is 11.7. The minimum atomic E-state index is -0.594. The molecular formula is C13H13Cl2NO2. The molecule has 1 fully saturated rings. The van der Waals surface area contributed by atoms with Gasteiger partial charge in [0.25, 0.3) is 5.91 Å². The zero-order chi connectivity index (χ0) is 13.1. The predicted octanol–water partition coefficient (Wildman–Crippen LogP) is 3.10. The molecule has 2 rings (SSSR count). The summed E-state index contributed by atoms with van der Waals surface area (Å²) in [6.07, 6.45) is 2.30. The quantitative estimate of drug-likeness (QED) is 0.587. The van der Waals surface area contributed by atoms with E-state index >= 15 is 0 Å². The zero-order valence-corrected chi connectivity index (χ0v) is 11.2. The molecule has 18 heavy (non-hydrogen) atoms. The van der Waals surface area contributed by atoms with Crippen LogP contribution in [0.2, 0.25) is 5.02 Å². The van der Waals surface area contributed by atoms with E-state index in [-0.39, 0.29) is 11.8 Å². The van der Waals surface area contributed by atoms with Crippen molar-refractivity contribution in [3.8, 4) is 0 Å². The second-order valence-corrected chi connectivity index (χ2v) is 5.23. The van der Waals surface area contributed by atoms with Crippen LogP contribution in [0.1, 0.15) is 29.6 Å². The minimum absolute atomic E-state index is 0.297. The highest BCUT2D eigenvalue weighted by Gasteiger charge is 2.30. The maximum atomic E-state index is 12.2. The standard InChI is InChI=1S/C13H13Cl2NO2/c14-10-6-4-9(5-7-10)12(17)16-8-2-1-3-11(15)13(16)18/h4-7,11H,1-3,8H2/t11-/m1/s1. The van der Waals surface area contributed by atoms with E-state index in [0.717, 1.165) is 12.8 Å². The van der Waals surface area contributed by atoms with Crippen molar-refractivity contribution in [2.24, 2.45) is 0 Å². The third kappa shape index (κ3) is 2.85. The van der Waals surface area contributed by atoms with Crippen LogP contribution in [0.3, 0.4) is 0 Å². The van der Waals surface area contributed by atoms with Gasteiger partial charge in [-0.2, -0.15) is 0 Å². The first-order valence-corrected chi connectivity index (χ1v) is 6.66. The number of halogens is 2. The van der Waals surface area contributed by atoms with E-state index in [1.165, 1.54) is 4.90 Å². The lowest BCUT2D eigenvalue weighted by atomic mass is 10.2. The number of imide groups is 1. The molecule has 0 bridgehead atoms. The van der Waals surface area contributed by atoms with Crippen LogP contribution in [0.4, 0.5) is 0 Å². The number of hydrogen-bond donors (Lipinski definition) is 0. The number of amides is 2. The van der Waals surface area contributed by atoms with Crippen LogP contribution in [-0.2, 0) is 4.79 Å². The van der Waals surface area contributed by atoms with E-state index < -0.39 is 5.38 Å². The number of benzene rings is 1. The Morgan fingerprint density at radius 1 is 1.22 bits per heavy atom. The van der Waals surface area contributed by atoms with Gasteiger partial charge >= 0.3 is 0 Å². The molecule has 0 aliphatic carbocycles. The molecule has 1 aliphatic heterocycles. The van der Waals surface area contributed by atoms with Gasteiger partial charge in [0.05, 0.1) is 0 Å². The van der Waals surface area contributed by atoms with Crippen molar-refractivity contribution in [2.45, 2.75) is 24.6 Å². The molecule has 1 saturated heterocycles. The van der Waals surface area contributed by atoms with Gasteiger partial charge in [0.2, 0.25) is 5.91 Å². The lowest BCUT2D eigenvalue weighted by Crippen LogP contribution is -2.40. The first-order valence-electron chi connectivity index (χ1n) is 5.85. The lowest BCUT2D eigenvalue weighted by Gasteiger charge is -2.20. The highest BCUT2D eigenvalue weighted by molar-refractivity contribution is 6.32. The van der Waals surface area contributed by atoms with Crippen LogP contribution in [0, 0.1) is 0 Å². The van der Waals surface area contributed by atoms with Crippen molar-refractivity contribution in [3.63, 3.8) is 0 Å². The number of likely N-dealkylation sites (tertiary alicyclic amines) is 1. The van der Waals surface area contributed by atoms with Gasteiger partial charge in [-0.3, -0.25) is 14.5 Å². The molecule has 0 spiro atoms. The van der Waals surface area contributed by atoms with E-state index in [1.54, 1.807) is 24.3 Å². The Hall–Kier alpha value is -1.06. The van der Waals surface area contributed by atoms with Crippen LogP contribution in [0.15, 0.2) is 24.3 Å². The second kappa shape index (κ2) is 5.72. The minimum Gasteiger partial charge on any atom is -0.277 e. The number of hydrogen-bond acceptors (Lipinski definition) is 2. The van der Waals surface area contributed by atoms with Gasteiger partial charge in [-0.25, -0.2) is 0 Å². The Labute approximate surface area is 116 Å². The number of carbonyl (C=O) groups excluding carboxylic acids is 2. The van der Waals surface area contributed by atoms with Crippen molar-refractivity contribution in [1.29, 1.82) is 0 Å². The number of nitrogens with zero attached hydrogens (tertiary/aromatic N) is 1. The van der Waals surface area contributed by atoms with Gasteiger partial charge in [-0.1, -0.05) is 11.6 Å². The summed E-state index contributed by atoms with van der Waals surface area (Å²) in [6.45, 7) is 0.434. The van der Waals surface area contributed by atoms with Crippen molar-refractivity contribution >= 4 is 35.0 Å². The first-order chi connectivity index (χ1) is 8.59. The fraction of sp³-hybridized carbons (Fsp3) is 0.385. The molecule has 0 N–H and O–H groups in total. The Balaban J connectivity index is 2.21. The lowest BCUT2D eigenvalue weighted by molar-refractivity contribution is -0.127. The molecule has 5 heteroatoms. The van der Waals surface area contributed by atoms with E-state index in [0.29, 0.717) is 23.6 Å². The van der Waals surface area contributed by atoms with Gasteiger partial charge < -0.3 is 0 Å². The Morgan fingerprint density at radius 2 is 1.89 bits per heavy atom. The van der Waals surface area contributed by atoms with Crippen LogP contribution in [0.25, 0.3) is 0 Å². The summed E-state index contributed by atoms with van der Waals surface area (Å²) in [5.41, 5.74) is 0.457. The van der Waals surface area contributed by atoms with Crippen molar-refractivity contribution in [2.75, 3.05) is 6.54 Å². The molecule has 0 radical (unpaired) electrons. The molecule has 0 unspecified atom stereocenters. The fourth-order valence-electron chi connectivity index (χ4n) is 1.95. The first kappa shape index (κ1) is 13.4. The van der Waals surface area contributed by atoms with Crippen LogP contribution >= 0.6 is 23.2 Å². The molecule has 1 heterocycles. The van der Waals surface area contributed by atoms with Gasteiger partial charge in [-0.15, -0.1) is 11.6 Å². The summed E-state index contributed by atoms with van der Waals surface area (Å²) in [7, 11) is 0. The van der Waals surface area contributed by atoms with Crippen LogP contribution in [0.5, 0.6) is 0 Å². The molecule has 0 aromatic heterocycles. The summed E-state index contributed by atoms with van der Waals surface area (Å²) in [6, 6.07) is 6.50. The molecule has 0 saturated carbocycles. The van der Waals surface area contributed by atoms with Crippen molar-refractivity contribution in [3.05, 3.63) is 34.9 Å². The van der Waals surface area contributed by atoms with E-state index in [4.69, 9.17) is 23.2 Å². The molecule has 1 atom stereocenters. The summed E-state index contributed by atoms with van der Waals surface area (Å²) in [5, 5.41) is -0.0345. The molecular weight excluding hydrogens is 273 g/mol. The van der Waals surface area contributed by atoms with Gasteiger partial charge in [0.1, 0.15) is 5.38 Å². The maximum Gasteiger partial charge on any atom is 0.260 e. The summed E-state index contributed by atoms with van der Waals surface area (Å²) in [4.78, 5) is 25.4. The second-order valence-electron chi connectivity index (χ2n) is 4.27. The van der Waals surface area contributed by atoms with Crippen molar-refractivity contribution < 1.29 is 9.59 Å². The molecule has 96 valence electrons. The van der Waals surface area contributed by atoms with Gasteiger partial charge in [0, 0.05) is 17.1 Å². The molecule has 1 aliphatic rings. The van der Waals surface area contributed by atoms with Crippen LogP contribution < -0.4 is 0 Å². The number of alkyl halides is 1. The van der Waals surface area contributed by atoms with E-state index in [1.807, 2.05) is 0 Å². The van der Waals surface area contributed by atoms with E-state index in [9.17, 15) is 9.59 Å². The Kier molecular flexibility index (Phi) is 4.25. The topological polar surface area (TPSA) is 37.4 Å². The van der Waals surface area contributed by atoms with Crippen molar-refractivity contribution in [1.82, 2.24) is 4.90 Å². The van der Waals surface area contributed by atoms with Gasteiger partial charge in [0.15, 0.2) is 0 Å². The van der Waals surface area contributed by atoms with Gasteiger partial charge in [-0.05, 0) is 43.5 Å². The smallest absolute Gasteiger partial charge is 0.260 e.